The molecule has 0 radical (unpaired) electrons. The van der Waals surface area contributed by atoms with E-state index in [0.29, 0.717) is 12.1 Å². The Hall–Kier alpha value is -1.09. The van der Waals surface area contributed by atoms with Crippen molar-refractivity contribution in [1.29, 1.82) is 0 Å². The molecule has 0 aliphatic heterocycles. The van der Waals surface area contributed by atoms with E-state index in [1.165, 1.54) is 12.1 Å². The maximum atomic E-state index is 4.61. The van der Waals surface area contributed by atoms with Gasteiger partial charge in [0.2, 0.25) is 0 Å². The van der Waals surface area contributed by atoms with Gasteiger partial charge in [0.15, 0.2) is 0 Å². The molecular formula is C17H31N3. The van der Waals surface area contributed by atoms with E-state index in [4.69, 9.17) is 0 Å². The lowest BCUT2D eigenvalue weighted by atomic mass is 10.0. The molecule has 0 aromatic carbocycles. The molecule has 0 aliphatic carbocycles. The number of anilines is 1. The second-order valence-electron chi connectivity index (χ2n) is 6.21. The quantitative estimate of drug-likeness (QED) is 0.778. The maximum Gasteiger partial charge on any atom is 0.0572 e. The van der Waals surface area contributed by atoms with Crippen LogP contribution >= 0.6 is 0 Å². The van der Waals surface area contributed by atoms with Gasteiger partial charge >= 0.3 is 0 Å². The molecule has 2 unspecified atom stereocenters. The molecule has 3 heteroatoms. The predicted octanol–water partition coefficient (Wildman–Crippen LogP) is 4.01. The fraction of sp³-hybridized carbons (Fsp3) is 0.706. The van der Waals surface area contributed by atoms with E-state index >= 15 is 0 Å². The van der Waals surface area contributed by atoms with Crippen molar-refractivity contribution in [2.75, 3.05) is 18.5 Å². The first-order valence-electron chi connectivity index (χ1n) is 7.87. The number of nitrogens with one attached hydrogen (secondary N) is 1. The molecule has 20 heavy (non-hydrogen) atoms. The number of pyridine rings is 1. The minimum atomic E-state index is 0.322. The zero-order valence-electron chi connectivity index (χ0n) is 14.0. The van der Waals surface area contributed by atoms with Crippen LogP contribution in [0.1, 0.15) is 59.2 Å². The number of aromatic nitrogens is 1. The van der Waals surface area contributed by atoms with Crippen LogP contribution in [-0.2, 0) is 0 Å². The molecule has 1 N–H and O–H groups in total. The Morgan fingerprint density at radius 2 is 1.90 bits per heavy atom. The molecule has 0 fully saturated rings. The van der Waals surface area contributed by atoms with Crippen molar-refractivity contribution >= 4 is 5.69 Å². The van der Waals surface area contributed by atoms with E-state index < -0.39 is 0 Å². The van der Waals surface area contributed by atoms with E-state index in [9.17, 15) is 0 Å². The minimum Gasteiger partial charge on any atom is -0.371 e. The van der Waals surface area contributed by atoms with Crippen molar-refractivity contribution in [3.8, 4) is 0 Å². The van der Waals surface area contributed by atoms with Crippen LogP contribution in [0.3, 0.4) is 0 Å². The number of nitrogens with zero attached hydrogens (tertiary/aromatic N) is 2. The average Bonchev–Trinajstić information content (AvgIpc) is 2.43. The summed E-state index contributed by atoms with van der Waals surface area (Å²) >= 11 is 0. The lowest BCUT2D eigenvalue weighted by molar-refractivity contribution is 0.503. The van der Waals surface area contributed by atoms with Crippen LogP contribution in [0.2, 0.25) is 0 Å². The Bertz CT molecular complexity index is 372. The lowest BCUT2D eigenvalue weighted by Crippen LogP contribution is -2.30. The highest BCUT2D eigenvalue weighted by Crippen LogP contribution is 2.20. The summed E-state index contributed by atoms with van der Waals surface area (Å²) < 4.78 is 0. The van der Waals surface area contributed by atoms with Gasteiger partial charge in [-0.15, -0.1) is 0 Å². The first-order valence-corrected chi connectivity index (χ1v) is 7.87. The van der Waals surface area contributed by atoms with Crippen LogP contribution < -0.4 is 10.2 Å². The Morgan fingerprint density at radius 1 is 1.20 bits per heavy atom. The fourth-order valence-corrected chi connectivity index (χ4v) is 2.42. The highest BCUT2D eigenvalue weighted by Gasteiger charge is 2.13. The number of hydrogen-bond acceptors (Lipinski definition) is 3. The summed E-state index contributed by atoms with van der Waals surface area (Å²) in [6, 6.07) is 5.19. The molecule has 1 aromatic rings. The molecule has 2 atom stereocenters. The summed E-state index contributed by atoms with van der Waals surface area (Å²) in [4.78, 5) is 6.93. The zero-order valence-corrected chi connectivity index (χ0v) is 14.0. The Kier molecular flexibility index (Phi) is 7.00. The number of rotatable bonds is 8. The lowest BCUT2D eigenvalue weighted by Gasteiger charge is -2.28. The summed E-state index contributed by atoms with van der Waals surface area (Å²) in [5.41, 5.74) is 2.32. The van der Waals surface area contributed by atoms with Crippen molar-refractivity contribution in [2.24, 2.45) is 5.92 Å². The Labute approximate surface area is 124 Å². The van der Waals surface area contributed by atoms with Crippen LogP contribution in [0.25, 0.3) is 0 Å². The molecule has 0 saturated carbocycles. The molecule has 3 nitrogen and oxygen atoms in total. The fourth-order valence-electron chi connectivity index (χ4n) is 2.42. The first kappa shape index (κ1) is 17.0. The van der Waals surface area contributed by atoms with Gasteiger partial charge in [-0.2, -0.15) is 0 Å². The summed E-state index contributed by atoms with van der Waals surface area (Å²) in [5.74, 6) is 0.720. The van der Waals surface area contributed by atoms with Crippen molar-refractivity contribution in [3.63, 3.8) is 0 Å². The molecule has 114 valence electrons. The van der Waals surface area contributed by atoms with Gasteiger partial charge in [-0.25, -0.2) is 0 Å². The van der Waals surface area contributed by atoms with Crippen LogP contribution in [0, 0.1) is 5.92 Å². The van der Waals surface area contributed by atoms with Crippen molar-refractivity contribution in [3.05, 3.63) is 24.0 Å². The van der Waals surface area contributed by atoms with E-state index in [2.05, 4.69) is 69.0 Å². The molecule has 0 bridgehead atoms. The van der Waals surface area contributed by atoms with Gasteiger partial charge in [-0.3, -0.25) is 4.98 Å². The van der Waals surface area contributed by atoms with Gasteiger partial charge in [-0.05, 0) is 51.3 Å². The third-order valence-electron chi connectivity index (χ3n) is 3.80. The maximum absolute atomic E-state index is 4.61. The average molecular weight is 277 g/mol. The first-order chi connectivity index (χ1) is 9.45. The predicted molar refractivity (Wildman–Crippen MR) is 88.3 cm³/mol. The third kappa shape index (κ3) is 5.12. The summed E-state index contributed by atoms with van der Waals surface area (Å²) in [7, 11) is 2.16. The molecule has 1 aromatic heterocycles. The molecule has 0 saturated heterocycles. The second-order valence-corrected chi connectivity index (χ2v) is 6.21. The van der Waals surface area contributed by atoms with Gasteiger partial charge < -0.3 is 10.2 Å². The van der Waals surface area contributed by atoms with Gasteiger partial charge in [0.25, 0.3) is 0 Å². The summed E-state index contributed by atoms with van der Waals surface area (Å²) in [6.07, 6.45) is 4.35. The van der Waals surface area contributed by atoms with Gasteiger partial charge in [0.1, 0.15) is 0 Å². The number of hydrogen-bond donors (Lipinski definition) is 1. The zero-order chi connectivity index (χ0) is 15.1. The standard InChI is InChI=1S/C17H31N3/c1-7-10-18-15(5)17-9-8-16(12-19-17)20(6)14(4)11-13(2)3/h8-9,12-15,18H,7,10-11H2,1-6H3. The molecular weight excluding hydrogens is 246 g/mol. The molecule has 1 rings (SSSR count). The highest BCUT2D eigenvalue weighted by molar-refractivity contribution is 5.44. The molecule has 1 heterocycles. The van der Waals surface area contributed by atoms with Crippen LogP contribution in [-0.4, -0.2) is 24.6 Å². The highest BCUT2D eigenvalue weighted by atomic mass is 15.1. The third-order valence-corrected chi connectivity index (χ3v) is 3.80. The van der Waals surface area contributed by atoms with Gasteiger partial charge in [0.05, 0.1) is 17.6 Å². The summed E-state index contributed by atoms with van der Waals surface area (Å²) in [5, 5.41) is 3.47. The minimum absolute atomic E-state index is 0.322. The second kappa shape index (κ2) is 8.25. The smallest absolute Gasteiger partial charge is 0.0572 e. The molecule has 0 aliphatic rings. The molecule has 0 amide bonds. The largest absolute Gasteiger partial charge is 0.371 e. The normalized spacial score (nSPS) is 14.3. The van der Waals surface area contributed by atoms with Crippen molar-refractivity contribution in [2.45, 2.75) is 59.5 Å². The monoisotopic (exact) mass is 277 g/mol. The van der Waals surface area contributed by atoms with E-state index in [1.54, 1.807) is 0 Å². The van der Waals surface area contributed by atoms with E-state index in [-0.39, 0.29) is 0 Å². The van der Waals surface area contributed by atoms with Gasteiger partial charge in [0, 0.05) is 19.1 Å². The van der Waals surface area contributed by atoms with Crippen LogP contribution in [0.15, 0.2) is 18.3 Å². The van der Waals surface area contributed by atoms with Crippen molar-refractivity contribution < 1.29 is 0 Å². The van der Waals surface area contributed by atoms with Crippen molar-refractivity contribution in [1.82, 2.24) is 10.3 Å². The van der Waals surface area contributed by atoms with Gasteiger partial charge in [-0.1, -0.05) is 20.8 Å². The van der Waals surface area contributed by atoms with E-state index in [0.717, 1.165) is 24.6 Å². The Morgan fingerprint density at radius 3 is 2.40 bits per heavy atom. The Balaban J connectivity index is 2.65. The van der Waals surface area contributed by atoms with Crippen LogP contribution in [0.5, 0.6) is 0 Å². The summed E-state index contributed by atoms with van der Waals surface area (Å²) in [6.45, 7) is 12.2. The SMILES string of the molecule is CCCNC(C)c1ccc(N(C)C(C)CC(C)C)cn1. The topological polar surface area (TPSA) is 28.2 Å². The van der Waals surface area contributed by atoms with E-state index in [1.807, 2.05) is 6.20 Å². The molecule has 0 spiro atoms. The van der Waals surface area contributed by atoms with Crippen LogP contribution in [0.4, 0.5) is 5.69 Å².